The molecule has 2 amide bonds. The normalized spacial score (nSPS) is 10.1. The number of rotatable bonds is 7. The summed E-state index contributed by atoms with van der Waals surface area (Å²) in [5, 5.41) is 5.87. The maximum Gasteiger partial charge on any atom is 0.252 e. The number of hydrogen-bond donors (Lipinski definition) is 2. The quantitative estimate of drug-likeness (QED) is 0.594. The molecule has 0 spiro atoms. The number of aromatic nitrogens is 1. The van der Waals surface area contributed by atoms with Crippen LogP contribution in [-0.4, -0.2) is 35.6 Å². The number of amides is 2. The predicted octanol–water partition coefficient (Wildman–Crippen LogP) is 2.37. The SMILES string of the molecule is O=C(CSc1ccncc1)NCCNC(=O)c1ccccc1Cl. The number of nitrogens with one attached hydrogen (secondary N) is 2. The molecule has 0 radical (unpaired) electrons. The second kappa shape index (κ2) is 9.17. The van der Waals surface area contributed by atoms with Crippen molar-refractivity contribution in [2.75, 3.05) is 18.8 Å². The first-order chi connectivity index (χ1) is 11.2. The minimum atomic E-state index is -0.254. The van der Waals surface area contributed by atoms with E-state index in [-0.39, 0.29) is 11.8 Å². The Morgan fingerprint density at radius 2 is 1.74 bits per heavy atom. The van der Waals surface area contributed by atoms with Gasteiger partial charge in [-0.1, -0.05) is 23.7 Å². The molecule has 0 saturated heterocycles. The Morgan fingerprint density at radius 1 is 1.04 bits per heavy atom. The number of carbonyl (C=O) groups is 2. The van der Waals surface area contributed by atoms with E-state index in [1.165, 1.54) is 11.8 Å². The van der Waals surface area contributed by atoms with Crippen LogP contribution in [0.5, 0.6) is 0 Å². The third-order valence-electron chi connectivity index (χ3n) is 2.87. The Balaban J connectivity index is 1.64. The average molecular weight is 350 g/mol. The van der Waals surface area contributed by atoms with E-state index >= 15 is 0 Å². The molecule has 1 aromatic heterocycles. The third kappa shape index (κ3) is 5.92. The number of pyridine rings is 1. The lowest BCUT2D eigenvalue weighted by Gasteiger charge is -2.08. The molecule has 0 unspecified atom stereocenters. The van der Waals surface area contributed by atoms with Gasteiger partial charge in [0.1, 0.15) is 0 Å². The topological polar surface area (TPSA) is 71.1 Å². The molecular weight excluding hydrogens is 334 g/mol. The predicted molar refractivity (Wildman–Crippen MR) is 91.8 cm³/mol. The number of halogens is 1. The molecule has 1 heterocycles. The molecule has 0 aliphatic carbocycles. The minimum absolute atomic E-state index is 0.0844. The van der Waals surface area contributed by atoms with Gasteiger partial charge in [-0.3, -0.25) is 14.6 Å². The van der Waals surface area contributed by atoms with Gasteiger partial charge in [0.25, 0.3) is 5.91 Å². The van der Waals surface area contributed by atoms with Crippen molar-refractivity contribution in [2.45, 2.75) is 4.90 Å². The van der Waals surface area contributed by atoms with Gasteiger partial charge in [0, 0.05) is 30.4 Å². The molecule has 7 heteroatoms. The van der Waals surface area contributed by atoms with Gasteiger partial charge < -0.3 is 10.6 Å². The lowest BCUT2D eigenvalue weighted by Crippen LogP contribution is -2.35. The molecule has 23 heavy (non-hydrogen) atoms. The van der Waals surface area contributed by atoms with Gasteiger partial charge in [-0.15, -0.1) is 11.8 Å². The summed E-state index contributed by atoms with van der Waals surface area (Å²) in [6.45, 7) is 0.710. The summed E-state index contributed by atoms with van der Waals surface area (Å²) in [4.78, 5) is 28.5. The zero-order valence-electron chi connectivity index (χ0n) is 12.3. The van der Waals surface area contributed by atoms with E-state index < -0.39 is 0 Å². The largest absolute Gasteiger partial charge is 0.354 e. The fraction of sp³-hybridized carbons (Fsp3) is 0.188. The van der Waals surface area contributed by atoms with Crippen molar-refractivity contribution in [1.82, 2.24) is 15.6 Å². The first-order valence-electron chi connectivity index (χ1n) is 6.99. The fourth-order valence-corrected chi connectivity index (χ4v) is 2.69. The lowest BCUT2D eigenvalue weighted by molar-refractivity contribution is -0.118. The number of thioether (sulfide) groups is 1. The summed E-state index contributed by atoms with van der Waals surface area (Å²) < 4.78 is 0. The van der Waals surface area contributed by atoms with Gasteiger partial charge in [-0.25, -0.2) is 0 Å². The Kier molecular flexibility index (Phi) is 6.90. The minimum Gasteiger partial charge on any atom is -0.354 e. The van der Waals surface area contributed by atoms with E-state index in [2.05, 4.69) is 15.6 Å². The van der Waals surface area contributed by atoms with Crippen molar-refractivity contribution in [1.29, 1.82) is 0 Å². The van der Waals surface area contributed by atoms with E-state index in [4.69, 9.17) is 11.6 Å². The smallest absolute Gasteiger partial charge is 0.252 e. The van der Waals surface area contributed by atoms with Gasteiger partial charge in [0.2, 0.25) is 5.91 Å². The summed E-state index contributed by atoms with van der Waals surface area (Å²) in [6, 6.07) is 10.5. The zero-order valence-corrected chi connectivity index (χ0v) is 13.9. The van der Waals surface area contributed by atoms with Crippen molar-refractivity contribution in [2.24, 2.45) is 0 Å². The van der Waals surface area contributed by atoms with Crippen LogP contribution >= 0.6 is 23.4 Å². The van der Waals surface area contributed by atoms with Crippen LogP contribution in [0.3, 0.4) is 0 Å². The van der Waals surface area contributed by atoms with Gasteiger partial charge in [0.15, 0.2) is 0 Å². The highest BCUT2D eigenvalue weighted by Gasteiger charge is 2.08. The van der Waals surface area contributed by atoms with Crippen LogP contribution in [0.4, 0.5) is 0 Å². The Hall–Kier alpha value is -2.05. The molecule has 0 atom stereocenters. The monoisotopic (exact) mass is 349 g/mol. The van der Waals surface area contributed by atoms with Crippen LogP contribution in [0.1, 0.15) is 10.4 Å². The fourth-order valence-electron chi connectivity index (χ4n) is 1.75. The first kappa shape index (κ1) is 17.3. The molecule has 0 saturated carbocycles. The standard InChI is InChI=1S/C16H16ClN3O2S/c17-14-4-2-1-3-13(14)16(22)20-10-9-19-15(21)11-23-12-5-7-18-8-6-12/h1-8H,9-11H2,(H,19,21)(H,20,22). The van der Waals surface area contributed by atoms with E-state index in [1.807, 2.05) is 12.1 Å². The highest BCUT2D eigenvalue weighted by Crippen LogP contribution is 2.15. The molecule has 1 aromatic carbocycles. The highest BCUT2D eigenvalue weighted by molar-refractivity contribution is 8.00. The van der Waals surface area contributed by atoms with Crippen LogP contribution in [0, 0.1) is 0 Å². The van der Waals surface area contributed by atoms with Gasteiger partial charge in [0.05, 0.1) is 16.3 Å². The Labute approximate surface area is 143 Å². The van der Waals surface area contributed by atoms with Crippen molar-refractivity contribution in [3.63, 3.8) is 0 Å². The zero-order chi connectivity index (χ0) is 16.5. The van der Waals surface area contributed by atoms with Crippen LogP contribution in [0.15, 0.2) is 53.7 Å². The number of nitrogens with zero attached hydrogens (tertiary/aromatic N) is 1. The second-order valence-electron chi connectivity index (χ2n) is 4.56. The van der Waals surface area contributed by atoms with E-state index in [9.17, 15) is 9.59 Å². The second-order valence-corrected chi connectivity index (χ2v) is 6.01. The molecule has 2 rings (SSSR count). The molecule has 0 fully saturated rings. The number of hydrogen-bond acceptors (Lipinski definition) is 4. The van der Waals surface area contributed by atoms with E-state index in [0.29, 0.717) is 29.4 Å². The summed E-state index contributed by atoms with van der Waals surface area (Å²) in [7, 11) is 0. The Bertz CT molecular complexity index is 667. The average Bonchev–Trinajstić information content (AvgIpc) is 2.58. The van der Waals surface area contributed by atoms with Gasteiger partial charge >= 0.3 is 0 Å². The molecular formula is C16H16ClN3O2S. The van der Waals surface area contributed by atoms with Gasteiger partial charge in [-0.05, 0) is 24.3 Å². The maximum absolute atomic E-state index is 11.9. The summed E-state index contributed by atoms with van der Waals surface area (Å²) in [5.41, 5.74) is 0.425. The molecule has 0 aliphatic heterocycles. The summed E-state index contributed by atoms with van der Waals surface area (Å²) in [6.07, 6.45) is 3.37. The van der Waals surface area contributed by atoms with Crippen molar-refractivity contribution in [3.05, 3.63) is 59.4 Å². The molecule has 2 N–H and O–H groups in total. The van der Waals surface area contributed by atoms with Gasteiger partial charge in [-0.2, -0.15) is 0 Å². The van der Waals surface area contributed by atoms with Crippen LogP contribution in [-0.2, 0) is 4.79 Å². The van der Waals surface area contributed by atoms with Crippen molar-refractivity contribution >= 4 is 35.2 Å². The molecule has 120 valence electrons. The van der Waals surface area contributed by atoms with Crippen molar-refractivity contribution < 1.29 is 9.59 Å². The molecule has 5 nitrogen and oxygen atoms in total. The summed E-state index contributed by atoms with van der Waals surface area (Å²) in [5.74, 6) is -0.0162. The number of benzene rings is 1. The van der Waals surface area contributed by atoms with Crippen molar-refractivity contribution in [3.8, 4) is 0 Å². The van der Waals surface area contributed by atoms with Crippen LogP contribution < -0.4 is 10.6 Å². The van der Waals surface area contributed by atoms with E-state index in [0.717, 1.165) is 4.90 Å². The summed E-state index contributed by atoms with van der Waals surface area (Å²) >= 11 is 7.38. The highest BCUT2D eigenvalue weighted by atomic mass is 35.5. The molecule has 0 bridgehead atoms. The maximum atomic E-state index is 11.9. The molecule has 0 aliphatic rings. The van der Waals surface area contributed by atoms with Crippen LogP contribution in [0.2, 0.25) is 5.02 Å². The number of carbonyl (C=O) groups excluding carboxylic acids is 2. The Morgan fingerprint density at radius 3 is 2.48 bits per heavy atom. The first-order valence-corrected chi connectivity index (χ1v) is 8.35. The molecule has 2 aromatic rings. The lowest BCUT2D eigenvalue weighted by atomic mass is 10.2. The van der Waals surface area contributed by atoms with E-state index in [1.54, 1.807) is 36.7 Å². The third-order valence-corrected chi connectivity index (χ3v) is 4.21. The van der Waals surface area contributed by atoms with Crippen LogP contribution in [0.25, 0.3) is 0 Å².